The molecule has 5 nitrogen and oxygen atoms in total. The smallest absolute Gasteiger partial charge is 0.152 e. The minimum absolute atomic E-state index is 0.0448. The van der Waals surface area contributed by atoms with Crippen LogP contribution in [0.1, 0.15) is 37.3 Å². The van der Waals surface area contributed by atoms with Crippen molar-refractivity contribution in [1.29, 1.82) is 0 Å². The highest BCUT2D eigenvalue weighted by Crippen LogP contribution is 2.23. The second kappa shape index (κ2) is 5.25. The summed E-state index contributed by atoms with van der Waals surface area (Å²) in [7, 11) is -2.83. The fourth-order valence-corrected chi connectivity index (χ4v) is 4.28. The van der Waals surface area contributed by atoms with Crippen molar-refractivity contribution in [1.82, 2.24) is 15.1 Å². The van der Waals surface area contributed by atoms with E-state index in [1.807, 2.05) is 17.1 Å². The standard InChI is InChI=1S/C13H21N3O2S/c17-19(18)7-5-13(10-19)16-9-11(8-15-16)2-1-6-14-12-3-4-12/h8-9,12-14H,1-7,10H2. The molecule has 0 amide bonds. The van der Waals surface area contributed by atoms with E-state index in [1.165, 1.54) is 18.4 Å². The third-order valence-corrected chi connectivity index (χ3v) is 5.64. The Labute approximate surface area is 114 Å². The number of nitrogens with one attached hydrogen (secondary N) is 1. The Balaban J connectivity index is 1.48. The van der Waals surface area contributed by atoms with Crippen LogP contribution in [0, 0.1) is 0 Å². The minimum Gasteiger partial charge on any atom is -0.314 e. The molecule has 19 heavy (non-hydrogen) atoms. The number of sulfone groups is 1. The summed E-state index contributed by atoms with van der Waals surface area (Å²) in [5.74, 6) is 0.551. The highest BCUT2D eigenvalue weighted by atomic mass is 32.2. The minimum atomic E-state index is -2.83. The summed E-state index contributed by atoms with van der Waals surface area (Å²) >= 11 is 0. The molecule has 1 atom stereocenters. The Kier molecular flexibility index (Phi) is 3.62. The summed E-state index contributed by atoms with van der Waals surface area (Å²) in [6.45, 7) is 1.06. The van der Waals surface area contributed by atoms with Gasteiger partial charge in [0.1, 0.15) is 0 Å². The van der Waals surface area contributed by atoms with Gasteiger partial charge in [-0.3, -0.25) is 4.68 Å². The second-order valence-corrected chi connectivity index (χ2v) is 7.95. The van der Waals surface area contributed by atoms with Crippen molar-refractivity contribution < 1.29 is 8.42 Å². The molecule has 6 heteroatoms. The Bertz CT molecular complexity index is 534. The Hall–Kier alpha value is -0.880. The van der Waals surface area contributed by atoms with Crippen molar-refractivity contribution in [2.24, 2.45) is 0 Å². The molecule has 1 aliphatic heterocycles. The van der Waals surface area contributed by atoms with Crippen LogP contribution in [0.2, 0.25) is 0 Å². The molecule has 0 bridgehead atoms. The Morgan fingerprint density at radius 1 is 1.37 bits per heavy atom. The lowest BCUT2D eigenvalue weighted by molar-refractivity contribution is 0.499. The first-order valence-corrected chi connectivity index (χ1v) is 8.91. The zero-order valence-corrected chi connectivity index (χ0v) is 11.9. The zero-order chi connectivity index (χ0) is 13.3. The average Bonchev–Trinajstić information content (AvgIpc) is 2.94. The van der Waals surface area contributed by atoms with Gasteiger partial charge in [-0.1, -0.05) is 0 Å². The van der Waals surface area contributed by atoms with Crippen LogP contribution in [0.15, 0.2) is 12.4 Å². The highest BCUT2D eigenvalue weighted by Gasteiger charge is 2.29. The Morgan fingerprint density at radius 2 is 2.21 bits per heavy atom. The monoisotopic (exact) mass is 283 g/mol. The van der Waals surface area contributed by atoms with Gasteiger partial charge in [0.25, 0.3) is 0 Å². The van der Waals surface area contributed by atoms with Gasteiger partial charge in [0.05, 0.1) is 23.7 Å². The Morgan fingerprint density at radius 3 is 2.89 bits per heavy atom. The van der Waals surface area contributed by atoms with E-state index in [1.54, 1.807) is 0 Å². The molecular formula is C13H21N3O2S. The van der Waals surface area contributed by atoms with Crippen LogP contribution in [0.25, 0.3) is 0 Å². The van der Waals surface area contributed by atoms with Crippen molar-refractivity contribution in [3.63, 3.8) is 0 Å². The number of hydrogen-bond acceptors (Lipinski definition) is 4. The molecule has 2 fully saturated rings. The summed E-state index contributed by atoms with van der Waals surface area (Å²) in [6, 6.07) is 0.815. The number of aryl methyl sites for hydroxylation is 1. The van der Waals surface area contributed by atoms with Gasteiger partial charge >= 0.3 is 0 Å². The SMILES string of the molecule is O=S1(=O)CCC(n2cc(CCCNC3CC3)cn2)C1. The third kappa shape index (κ3) is 3.57. The first-order valence-electron chi connectivity index (χ1n) is 7.09. The van der Waals surface area contributed by atoms with E-state index in [0.717, 1.165) is 25.4 Å². The van der Waals surface area contributed by atoms with Gasteiger partial charge in [0.2, 0.25) is 0 Å². The van der Waals surface area contributed by atoms with Crippen LogP contribution in [-0.2, 0) is 16.3 Å². The molecule has 0 aromatic carbocycles. The van der Waals surface area contributed by atoms with Gasteiger partial charge in [-0.15, -0.1) is 0 Å². The molecule has 2 aliphatic rings. The maximum Gasteiger partial charge on any atom is 0.152 e. The molecule has 1 aliphatic carbocycles. The van der Waals surface area contributed by atoms with Gasteiger partial charge in [-0.2, -0.15) is 5.10 Å². The lowest BCUT2D eigenvalue weighted by Gasteiger charge is -2.07. The van der Waals surface area contributed by atoms with Crippen molar-refractivity contribution in [3.05, 3.63) is 18.0 Å². The fourth-order valence-electron chi connectivity index (χ4n) is 2.58. The van der Waals surface area contributed by atoms with E-state index in [2.05, 4.69) is 10.4 Å². The van der Waals surface area contributed by atoms with E-state index >= 15 is 0 Å². The first kappa shape index (κ1) is 13.1. The first-order chi connectivity index (χ1) is 9.12. The van der Waals surface area contributed by atoms with E-state index < -0.39 is 9.84 Å². The predicted octanol–water partition coefficient (Wildman–Crippen LogP) is 0.927. The number of rotatable bonds is 6. The summed E-state index contributed by atoms with van der Waals surface area (Å²) in [5, 5.41) is 7.81. The molecule has 1 N–H and O–H groups in total. The van der Waals surface area contributed by atoms with Crippen LogP contribution in [-0.4, -0.2) is 42.3 Å². The molecule has 3 rings (SSSR count). The van der Waals surface area contributed by atoms with Crippen molar-refractivity contribution in [2.75, 3.05) is 18.1 Å². The maximum absolute atomic E-state index is 11.5. The molecule has 1 unspecified atom stereocenters. The molecule has 1 saturated carbocycles. The predicted molar refractivity (Wildman–Crippen MR) is 73.9 cm³/mol. The molecule has 1 aromatic heterocycles. The van der Waals surface area contributed by atoms with Gasteiger partial charge in [0.15, 0.2) is 9.84 Å². The van der Waals surface area contributed by atoms with Crippen LogP contribution >= 0.6 is 0 Å². The highest BCUT2D eigenvalue weighted by molar-refractivity contribution is 7.91. The second-order valence-electron chi connectivity index (χ2n) is 5.72. The summed E-state index contributed by atoms with van der Waals surface area (Å²) < 4.78 is 24.7. The van der Waals surface area contributed by atoms with Crippen LogP contribution in [0.5, 0.6) is 0 Å². The lowest BCUT2D eigenvalue weighted by atomic mass is 10.2. The number of aromatic nitrogens is 2. The van der Waals surface area contributed by atoms with E-state index in [-0.39, 0.29) is 11.8 Å². The number of hydrogen-bond donors (Lipinski definition) is 1. The van der Waals surface area contributed by atoms with Crippen molar-refractivity contribution in [3.8, 4) is 0 Å². The molecule has 0 spiro atoms. The quantitative estimate of drug-likeness (QED) is 0.789. The fraction of sp³-hybridized carbons (Fsp3) is 0.769. The average molecular weight is 283 g/mol. The van der Waals surface area contributed by atoms with Crippen LogP contribution in [0.3, 0.4) is 0 Å². The van der Waals surface area contributed by atoms with E-state index in [4.69, 9.17) is 0 Å². The summed E-state index contributed by atoms with van der Waals surface area (Å²) in [6.07, 6.45) is 9.38. The summed E-state index contributed by atoms with van der Waals surface area (Å²) in [4.78, 5) is 0. The zero-order valence-electron chi connectivity index (χ0n) is 11.1. The van der Waals surface area contributed by atoms with Gasteiger partial charge in [0, 0.05) is 12.2 Å². The summed E-state index contributed by atoms with van der Waals surface area (Å²) in [5.41, 5.74) is 1.21. The third-order valence-electron chi connectivity index (χ3n) is 3.89. The molecule has 106 valence electrons. The van der Waals surface area contributed by atoms with Crippen molar-refractivity contribution in [2.45, 2.75) is 44.2 Å². The molecule has 0 radical (unpaired) electrons. The topological polar surface area (TPSA) is 64.0 Å². The maximum atomic E-state index is 11.5. The van der Waals surface area contributed by atoms with Gasteiger partial charge in [-0.05, 0) is 44.2 Å². The molecular weight excluding hydrogens is 262 g/mol. The van der Waals surface area contributed by atoms with Crippen molar-refractivity contribution >= 4 is 9.84 Å². The molecule has 2 heterocycles. The molecule has 1 aromatic rings. The number of nitrogens with zero attached hydrogens (tertiary/aromatic N) is 2. The largest absolute Gasteiger partial charge is 0.314 e. The normalized spacial score (nSPS) is 25.8. The van der Waals surface area contributed by atoms with Gasteiger partial charge in [-0.25, -0.2) is 8.42 Å². The molecule has 1 saturated heterocycles. The van der Waals surface area contributed by atoms with E-state index in [9.17, 15) is 8.42 Å². The van der Waals surface area contributed by atoms with Gasteiger partial charge < -0.3 is 5.32 Å². The lowest BCUT2D eigenvalue weighted by Crippen LogP contribution is -2.17. The van der Waals surface area contributed by atoms with E-state index in [0.29, 0.717) is 12.2 Å². The van der Waals surface area contributed by atoms with Crippen LogP contribution < -0.4 is 5.32 Å². The van der Waals surface area contributed by atoms with Crippen LogP contribution in [0.4, 0.5) is 0 Å².